The molecule has 0 saturated heterocycles. The summed E-state index contributed by atoms with van der Waals surface area (Å²) in [5.41, 5.74) is 0. The SMILES string of the molecule is CC(C)N(B([C]1[CH][CH][C]2CCCC[C]21)[C]1[CH][CH][C]2CCCC[C]21)C(C)C.[Cl][Zr+2][Cl]. The molecule has 10 radical (unpaired) electrons. The van der Waals surface area contributed by atoms with E-state index in [0.717, 1.165) is 0 Å². The van der Waals surface area contributed by atoms with Crippen LogP contribution in [-0.4, -0.2) is 23.7 Å². The van der Waals surface area contributed by atoms with Gasteiger partial charge in [0.25, 0.3) is 0 Å². The van der Waals surface area contributed by atoms with Crippen molar-refractivity contribution in [2.24, 2.45) is 0 Å². The summed E-state index contributed by atoms with van der Waals surface area (Å²) in [7, 11) is 9.87. The Hall–Kier alpha value is 1.49. The average molecular weight is 509 g/mol. The van der Waals surface area contributed by atoms with Crippen LogP contribution >= 0.6 is 17.0 Å². The molecule has 1 nitrogen and oxygen atoms in total. The summed E-state index contributed by atoms with van der Waals surface area (Å²) in [6.07, 6.45) is 20.4. The molecule has 4 fully saturated rings. The average Bonchev–Trinajstić information content (AvgIpc) is 3.30. The molecule has 0 aromatic heterocycles. The monoisotopic (exact) mass is 507 g/mol. The van der Waals surface area contributed by atoms with Crippen LogP contribution in [0.2, 0.25) is 0 Å². The van der Waals surface area contributed by atoms with Gasteiger partial charge in [0, 0.05) is 0 Å². The fraction of sp³-hybridized carbons (Fsp3) is 0.583. The number of halogens is 2. The summed E-state index contributed by atoms with van der Waals surface area (Å²) in [6, 6.07) is 1.09. The first-order valence-electron chi connectivity index (χ1n) is 11.3. The van der Waals surface area contributed by atoms with Gasteiger partial charge in [-0.05, 0) is 98.8 Å². The summed E-state index contributed by atoms with van der Waals surface area (Å²) in [6.45, 7) is 9.92. The molecule has 4 saturated carbocycles. The van der Waals surface area contributed by atoms with Gasteiger partial charge in [0.15, 0.2) is 0 Å². The molecule has 0 heterocycles. The molecule has 0 bridgehead atoms. The fourth-order valence-corrected chi connectivity index (χ4v) is 5.66. The number of hydrogen-bond acceptors (Lipinski definition) is 1. The second-order valence-electron chi connectivity index (χ2n) is 9.11. The van der Waals surface area contributed by atoms with Crippen molar-refractivity contribution < 1.29 is 20.8 Å². The first-order chi connectivity index (χ1) is 14.0. The predicted octanol–water partition coefficient (Wildman–Crippen LogP) is 6.99. The quantitative estimate of drug-likeness (QED) is 0.361. The molecule has 0 N–H and O–H groups in total. The molecule has 154 valence electrons. The standard InChI is InChI=1S/C24H34BN.2ClH.Zr/c1-17(2)26(18(3)4)25(23-15-13-19-9-5-7-11-21(19)23)24-16-14-20-10-6-8-12-22(20)24;;;/h13-18H,5-12H2,1-4H3;2*1H;/q;;;+4/p-2. The summed E-state index contributed by atoms with van der Waals surface area (Å²) in [5, 5.41) is 0. The van der Waals surface area contributed by atoms with Crippen LogP contribution in [0.3, 0.4) is 0 Å². The van der Waals surface area contributed by atoms with E-state index in [1.54, 1.807) is 35.3 Å². The minimum absolute atomic E-state index is 0.429. The van der Waals surface area contributed by atoms with E-state index in [1.165, 1.54) is 51.4 Å². The molecule has 0 amide bonds. The predicted molar refractivity (Wildman–Crippen MR) is 123 cm³/mol. The van der Waals surface area contributed by atoms with Crippen molar-refractivity contribution in [3.63, 3.8) is 0 Å². The van der Waals surface area contributed by atoms with Gasteiger partial charge < -0.3 is 4.81 Å². The molecular formula is C24H34BCl2NZr+2. The third kappa shape index (κ3) is 5.89. The van der Waals surface area contributed by atoms with Gasteiger partial charge in [-0.15, -0.1) is 0 Å². The van der Waals surface area contributed by atoms with E-state index in [2.05, 4.69) is 58.2 Å². The molecule has 4 aliphatic carbocycles. The van der Waals surface area contributed by atoms with E-state index in [0.29, 0.717) is 18.9 Å². The zero-order valence-corrected chi connectivity index (χ0v) is 22.4. The van der Waals surface area contributed by atoms with Gasteiger partial charge in [-0.1, -0.05) is 53.4 Å². The first-order valence-corrected chi connectivity index (χ1v) is 17.6. The number of rotatable bonds is 5. The molecule has 0 aromatic carbocycles. The Morgan fingerprint density at radius 2 is 1.10 bits per heavy atom. The molecular weight excluding hydrogens is 475 g/mol. The van der Waals surface area contributed by atoms with Gasteiger partial charge in [0.05, 0.1) is 0 Å². The van der Waals surface area contributed by atoms with E-state index in [9.17, 15) is 0 Å². The Balaban J connectivity index is 0.000000755. The van der Waals surface area contributed by atoms with Crippen LogP contribution in [0.5, 0.6) is 0 Å². The second-order valence-corrected chi connectivity index (χ2v) is 12.8. The van der Waals surface area contributed by atoms with Gasteiger partial charge in [-0.2, -0.15) is 0 Å². The van der Waals surface area contributed by atoms with E-state index in [4.69, 9.17) is 17.0 Å². The molecule has 4 rings (SSSR count). The number of nitrogens with zero attached hydrogens (tertiary/aromatic N) is 1. The van der Waals surface area contributed by atoms with E-state index < -0.39 is 20.8 Å². The van der Waals surface area contributed by atoms with Crippen LogP contribution in [0.15, 0.2) is 0 Å². The van der Waals surface area contributed by atoms with Crippen molar-refractivity contribution >= 4 is 23.9 Å². The van der Waals surface area contributed by atoms with Crippen LogP contribution in [-0.2, 0) is 20.8 Å². The van der Waals surface area contributed by atoms with Crippen molar-refractivity contribution in [1.29, 1.82) is 0 Å². The van der Waals surface area contributed by atoms with Crippen LogP contribution in [0.4, 0.5) is 0 Å². The molecule has 29 heavy (non-hydrogen) atoms. The van der Waals surface area contributed by atoms with Crippen molar-refractivity contribution in [1.82, 2.24) is 4.81 Å². The van der Waals surface area contributed by atoms with Crippen molar-refractivity contribution in [3.05, 3.63) is 61.0 Å². The normalized spacial score (nSPS) is 25.3. The maximum atomic E-state index is 4.93. The summed E-state index contributed by atoms with van der Waals surface area (Å²) < 4.78 is 0. The Morgan fingerprint density at radius 3 is 1.48 bits per heavy atom. The topological polar surface area (TPSA) is 3.24 Å². The summed E-state index contributed by atoms with van der Waals surface area (Å²) in [5.74, 6) is 9.84. The van der Waals surface area contributed by atoms with Crippen molar-refractivity contribution in [2.75, 3.05) is 0 Å². The third-order valence-corrected chi connectivity index (χ3v) is 6.73. The number of fused-ring (bicyclic) bond motifs is 2. The van der Waals surface area contributed by atoms with Crippen LogP contribution in [0.1, 0.15) is 79.1 Å². The fourth-order valence-electron chi connectivity index (χ4n) is 5.66. The van der Waals surface area contributed by atoms with Gasteiger partial charge in [0.2, 0.25) is 6.85 Å². The zero-order chi connectivity index (χ0) is 21.0. The molecule has 4 aliphatic rings. The summed E-state index contributed by atoms with van der Waals surface area (Å²) >= 11 is -0.826. The maximum absolute atomic E-state index is 4.93. The molecule has 0 atom stereocenters. The zero-order valence-electron chi connectivity index (χ0n) is 18.4. The van der Waals surface area contributed by atoms with Crippen LogP contribution in [0, 0.1) is 61.0 Å². The Kier molecular flexibility index (Phi) is 10.5. The Morgan fingerprint density at radius 1 is 0.724 bits per heavy atom. The number of hydrogen-bond donors (Lipinski definition) is 0. The second kappa shape index (κ2) is 12.1. The molecule has 0 unspecified atom stereocenters. The van der Waals surface area contributed by atoms with Crippen molar-refractivity contribution in [3.8, 4) is 0 Å². The Labute approximate surface area is 200 Å². The van der Waals surface area contributed by atoms with Crippen molar-refractivity contribution in [2.45, 2.75) is 91.1 Å². The third-order valence-electron chi connectivity index (χ3n) is 6.73. The van der Waals surface area contributed by atoms with E-state index >= 15 is 0 Å². The molecule has 0 aromatic rings. The minimum atomic E-state index is -0.826. The molecule has 0 aliphatic heterocycles. The van der Waals surface area contributed by atoms with Crippen LogP contribution in [0.25, 0.3) is 0 Å². The molecule has 0 spiro atoms. The Bertz CT molecular complexity index is 452. The van der Waals surface area contributed by atoms with E-state index in [-0.39, 0.29) is 0 Å². The van der Waals surface area contributed by atoms with Gasteiger partial charge >= 0.3 is 37.9 Å². The van der Waals surface area contributed by atoms with Gasteiger partial charge in [-0.25, -0.2) is 0 Å². The van der Waals surface area contributed by atoms with Crippen LogP contribution < -0.4 is 0 Å². The van der Waals surface area contributed by atoms with Gasteiger partial charge in [0.1, 0.15) is 0 Å². The first kappa shape index (κ1) is 25.1. The summed E-state index contributed by atoms with van der Waals surface area (Å²) in [4.78, 5) is 2.76. The van der Waals surface area contributed by atoms with E-state index in [1.807, 2.05) is 0 Å². The molecule has 5 heteroatoms. The van der Waals surface area contributed by atoms with Gasteiger partial charge in [-0.3, -0.25) is 0 Å².